The van der Waals surface area contributed by atoms with Gasteiger partial charge in [0.05, 0.1) is 19.0 Å². The summed E-state index contributed by atoms with van der Waals surface area (Å²) in [6.07, 6.45) is 5.50. The Labute approximate surface area is 195 Å². The lowest BCUT2D eigenvalue weighted by molar-refractivity contribution is -0.120. The number of carbonyl (C=O) groups excluding carboxylic acids is 1. The molecule has 2 aromatic rings. The summed E-state index contributed by atoms with van der Waals surface area (Å²) in [5, 5.41) is 7.48. The monoisotopic (exact) mass is 526 g/mol. The van der Waals surface area contributed by atoms with E-state index in [0.29, 0.717) is 19.6 Å². The molecule has 30 heavy (non-hydrogen) atoms. The number of carbonyl (C=O) groups is 1. The number of aryl methyl sites for hydroxylation is 2. The number of aliphatic imine (C=N–C) groups is 1. The number of benzene rings is 1. The van der Waals surface area contributed by atoms with Gasteiger partial charge in [-0.15, -0.1) is 24.0 Å². The Bertz CT molecular complexity index is 836. The molecule has 1 amide bonds. The van der Waals surface area contributed by atoms with Gasteiger partial charge in [-0.05, 0) is 37.5 Å². The van der Waals surface area contributed by atoms with Crippen molar-refractivity contribution in [1.82, 2.24) is 20.0 Å². The minimum atomic E-state index is 0. The highest BCUT2D eigenvalue weighted by atomic mass is 127. The fraction of sp³-hybridized carbons (Fsp3) is 0.476. The molecule has 1 aromatic carbocycles. The Morgan fingerprint density at radius 2 is 2.03 bits per heavy atom. The molecule has 0 saturated carbocycles. The molecule has 1 aliphatic rings. The van der Waals surface area contributed by atoms with E-state index in [1.54, 1.807) is 22.9 Å². The van der Waals surface area contributed by atoms with E-state index in [4.69, 9.17) is 9.73 Å². The van der Waals surface area contributed by atoms with Gasteiger partial charge in [-0.25, -0.2) is 0 Å². The molecule has 1 N–H and O–H groups in total. The van der Waals surface area contributed by atoms with E-state index in [2.05, 4.69) is 22.5 Å². The summed E-state index contributed by atoms with van der Waals surface area (Å²) in [4.78, 5) is 21.2. The number of aromatic nitrogens is 2. The molecule has 1 aromatic heterocycles. The number of ether oxygens (including phenoxy) is 1. The fourth-order valence-electron chi connectivity index (χ4n) is 3.36. The van der Waals surface area contributed by atoms with E-state index in [1.807, 2.05) is 37.2 Å². The van der Waals surface area contributed by atoms with Crippen molar-refractivity contribution in [3.05, 3.63) is 42.2 Å². The normalized spacial score (nSPS) is 14.5. The number of methoxy groups -OCH3 is 1. The Morgan fingerprint density at radius 3 is 2.63 bits per heavy atom. The van der Waals surface area contributed by atoms with Crippen molar-refractivity contribution in [3.8, 4) is 5.75 Å². The highest BCUT2D eigenvalue weighted by Gasteiger charge is 2.27. The van der Waals surface area contributed by atoms with Crippen LogP contribution < -0.4 is 15.0 Å². The number of rotatable bonds is 7. The molecule has 1 fully saturated rings. The number of amides is 1. The number of hydrogen-bond acceptors (Lipinski definition) is 4. The third kappa shape index (κ3) is 6.35. The second-order valence-electron chi connectivity index (χ2n) is 7.03. The van der Waals surface area contributed by atoms with Crippen molar-refractivity contribution in [2.24, 2.45) is 12.0 Å². The molecule has 1 saturated heterocycles. The molecule has 9 heteroatoms. The number of hydrogen-bond donors (Lipinski definition) is 1. The summed E-state index contributed by atoms with van der Waals surface area (Å²) in [5.41, 5.74) is 2.12. The largest absolute Gasteiger partial charge is 0.497 e. The third-order valence-electron chi connectivity index (χ3n) is 4.90. The summed E-state index contributed by atoms with van der Waals surface area (Å²) >= 11 is 0. The minimum Gasteiger partial charge on any atom is -0.497 e. The lowest BCUT2D eigenvalue weighted by Gasteiger charge is -2.35. The van der Waals surface area contributed by atoms with Crippen LogP contribution in [-0.2, 0) is 18.3 Å². The van der Waals surface area contributed by atoms with Gasteiger partial charge in [0.2, 0.25) is 5.91 Å². The van der Waals surface area contributed by atoms with Gasteiger partial charge in [-0.3, -0.25) is 14.5 Å². The van der Waals surface area contributed by atoms with E-state index < -0.39 is 0 Å². The topological polar surface area (TPSA) is 75.0 Å². The molecule has 8 nitrogen and oxygen atoms in total. The van der Waals surface area contributed by atoms with Crippen molar-refractivity contribution in [3.63, 3.8) is 0 Å². The van der Waals surface area contributed by atoms with Gasteiger partial charge in [0, 0.05) is 39.4 Å². The molecule has 2 heterocycles. The van der Waals surface area contributed by atoms with Crippen LogP contribution in [0.2, 0.25) is 0 Å². The van der Waals surface area contributed by atoms with Crippen molar-refractivity contribution < 1.29 is 9.53 Å². The standard InChI is InChI=1S/C21H30N6O2.HI/c1-4-22-21(23-11-5-6-17-7-9-19(29-3)10-8-17)26-12-13-27(20(28)16-26)18-14-24-25(2)15-18;/h7-10,14-15H,4-6,11-13,16H2,1-3H3,(H,22,23);1H. The van der Waals surface area contributed by atoms with Crippen LogP contribution in [0.25, 0.3) is 0 Å². The van der Waals surface area contributed by atoms with Gasteiger partial charge in [-0.1, -0.05) is 12.1 Å². The maximum atomic E-state index is 12.6. The SMILES string of the molecule is CCNC(=NCCCc1ccc(OC)cc1)N1CCN(c2cnn(C)c2)C(=O)C1.I. The van der Waals surface area contributed by atoms with Crippen LogP contribution in [0.4, 0.5) is 5.69 Å². The van der Waals surface area contributed by atoms with Crippen molar-refractivity contribution >= 4 is 41.5 Å². The zero-order chi connectivity index (χ0) is 20.6. The summed E-state index contributed by atoms with van der Waals surface area (Å²) in [7, 11) is 3.53. The van der Waals surface area contributed by atoms with Crippen LogP contribution in [0, 0.1) is 0 Å². The van der Waals surface area contributed by atoms with E-state index >= 15 is 0 Å². The number of anilines is 1. The van der Waals surface area contributed by atoms with Crippen LogP contribution in [-0.4, -0.2) is 66.4 Å². The minimum absolute atomic E-state index is 0. The molecule has 0 unspecified atom stereocenters. The van der Waals surface area contributed by atoms with Crippen molar-refractivity contribution in [2.45, 2.75) is 19.8 Å². The third-order valence-corrected chi connectivity index (χ3v) is 4.90. The first-order chi connectivity index (χ1) is 14.1. The molecular formula is C21H31IN6O2. The van der Waals surface area contributed by atoms with Crippen LogP contribution in [0.3, 0.4) is 0 Å². The van der Waals surface area contributed by atoms with Crippen LogP contribution in [0.15, 0.2) is 41.7 Å². The van der Waals surface area contributed by atoms with E-state index in [1.165, 1.54) is 5.56 Å². The number of halogens is 1. The Kier molecular flexibility index (Phi) is 9.41. The van der Waals surface area contributed by atoms with Gasteiger partial charge in [-0.2, -0.15) is 5.10 Å². The second-order valence-corrected chi connectivity index (χ2v) is 7.03. The molecule has 0 radical (unpaired) electrons. The molecule has 0 spiro atoms. The van der Waals surface area contributed by atoms with Gasteiger partial charge in [0.25, 0.3) is 0 Å². The van der Waals surface area contributed by atoms with E-state index in [9.17, 15) is 4.79 Å². The predicted octanol–water partition coefficient (Wildman–Crippen LogP) is 2.29. The highest BCUT2D eigenvalue weighted by molar-refractivity contribution is 14.0. The summed E-state index contributed by atoms with van der Waals surface area (Å²) < 4.78 is 6.91. The first-order valence-electron chi connectivity index (χ1n) is 10.1. The predicted molar refractivity (Wildman–Crippen MR) is 130 cm³/mol. The second kappa shape index (κ2) is 11.8. The molecular weight excluding hydrogens is 495 g/mol. The lowest BCUT2D eigenvalue weighted by atomic mass is 10.1. The summed E-state index contributed by atoms with van der Waals surface area (Å²) in [6, 6.07) is 8.14. The quantitative estimate of drug-likeness (QED) is 0.260. The summed E-state index contributed by atoms with van der Waals surface area (Å²) in [5.74, 6) is 1.74. The molecule has 164 valence electrons. The smallest absolute Gasteiger partial charge is 0.246 e. The molecule has 1 aliphatic heterocycles. The first kappa shape index (κ1) is 24.0. The number of nitrogens with one attached hydrogen (secondary N) is 1. The average molecular weight is 526 g/mol. The maximum absolute atomic E-state index is 12.6. The molecule has 3 rings (SSSR count). The Hall–Kier alpha value is -2.30. The lowest BCUT2D eigenvalue weighted by Crippen LogP contribution is -2.55. The highest BCUT2D eigenvalue weighted by Crippen LogP contribution is 2.16. The van der Waals surface area contributed by atoms with Crippen molar-refractivity contribution in [1.29, 1.82) is 0 Å². The number of guanidine groups is 1. The number of nitrogens with zero attached hydrogens (tertiary/aromatic N) is 5. The zero-order valence-corrected chi connectivity index (χ0v) is 20.2. The van der Waals surface area contributed by atoms with Crippen LogP contribution >= 0.6 is 24.0 Å². The number of piperazine rings is 1. The van der Waals surface area contributed by atoms with E-state index in [0.717, 1.165) is 43.3 Å². The van der Waals surface area contributed by atoms with Crippen molar-refractivity contribution in [2.75, 3.05) is 44.7 Å². The zero-order valence-electron chi connectivity index (χ0n) is 17.9. The first-order valence-corrected chi connectivity index (χ1v) is 10.1. The molecule has 0 atom stereocenters. The van der Waals surface area contributed by atoms with E-state index in [-0.39, 0.29) is 29.9 Å². The Balaban J connectivity index is 0.00000320. The van der Waals surface area contributed by atoms with Gasteiger partial charge in [0.1, 0.15) is 12.3 Å². The summed E-state index contributed by atoms with van der Waals surface area (Å²) in [6.45, 7) is 5.21. The van der Waals surface area contributed by atoms with Gasteiger partial charge < -0.3 is 19.9 Å². The molecule has 0 bridgehead atoms. The van der Waals surface area contributed by atoms with Gasteiger partial charge >= 0.3 is 0 Å². The Morgan fingerprint density at radius 1 is 1.27 bits per heavy atom. The fourth-order valence-corrected chi connectivity index (χ4v) is 3.36. The average Bonchev–Trinajstić information content (AvgIpc) is 3.16. The van der Waals surface area contributed by atoms with Crippen LogP contribution in [0.5, 0.6) is 5.75 Å². The van der Waals surface area contributed by atoms with Crippen LogP contribution in [0.1, 0.15) is 18.9 Å². The van der Waals surface area contributed by atoms with Gasteiger partial charge in [0.15, 0.2) is 5.96 Å². The maximum Gasteiger partial charge on any atom is 0.246 e. The molecule has 0 aliphatic carbocycles.